The molecule has 0 unspecified atom stereocenters. The third kappa shape index (κ3) is 4.41. The summed E-state index contributed by atoms with van der Waals surface area (Å²) in [4.78, 5) is 2.47. The van der Waals surface area contributed by atoms with E-state index in [1.165, 1.54) is 116 Å². The SMILES string of the molecule is Cc1cccc(N(c2cccc(C)c2)c2cc3c(c4ccccc24)-c2cc4c(cc2C3(C)C)-c2cc3c5ccccc5c5ccccc5c3cc2C4(C)C)c1. The summed E-state index contributed by atoms with van der Waals surface area (Å²) >= 11 is 0. The lowest BCUT2D eigenvalue weighted by molar-refractivity contribution is 0.652. The Balaban J connectivity index is 1.17. The Labute approximate surface area is 323 Å². The van der Waals surface area contributed by atoms with Crippen LogP contribution in [-0.2, 0) is 10.8 Å². The van der Waals surface area contributed by atoms with Crippen LogP contribution in [0.15, 0.2) is 152 Å². The average molecular weight is 706 g/mol. The van der Waals surface area contributed by atoms with Crippen molar-refractivity contribution >= 4 is 60.2 Å². The maximum atomic E-state index is 2.57. The highest BCUT2D eigenvalue weighted by molar-refractivity contribution is 6.26. The number of anilines is 3. The van der Waals surface area contributed by atoms with Crippen LogP contribution in [0.5, 0.6) is 0 Å². The summed E-state index contributed by atoms with van der Waals surface area (Å²) in [5.41, 5.74) is 16.8. The van der Waals surface area contributed by atoms with Gasteiger partial charge in [0, 0.05) is 27.6 Å². The molecule has 9 aromatic rings. The van der Waals surface area contributed by atoms with E-state index in [0.29, 0.717) is 0 Å². The number of nitrogens with zero attached hydrogens (tertiary/aromatic N) is 1. The van der Waals surface area contributed by atoms with Gasteiger partial charge in [0.05, 0.1) is 5.69 Å². The Hall–Kier alpha value is -6.18. The molecule has 0 aromatic heterocycles. The molecule has 55 heavy (non-hydrogen) atoms. The van der Waals surface area contributed by atoms with Crippen LogP contribution < -0.4 is 4.90 Å². The van der Waals surface area contributed by atoms with Crippen molar-refractivity contribution in [3.05, 3.63) is 185 Å². The van der Waals surface area contributed by atoms with E-state index in [2.05, 4.69) is 198 Å². The van der Waals surface area contributed by atoms with Gasteiger partial charge in [-0.05, 0) is 162 Å². The van der Waals surface area contributed by atoms with Crippen molar-refractivity contribution in [2.24, 2.45) is 0 Å². The highest BCUT2D eigenvalue weighted by Gasteiger charge is 2.43. The quantitative estimate of drug-likeness (QED) is 0.165. The smallest absolute Gasteiger partial charge is 0.0543 e. The Morgan fingerprint density at radius 2 is 0.782 bits per heavy atom. The van der Waals surface area contributed by atoms with Gasteiger partial charge in [0.1, 0.15) is 0 Å². The summed E-state index contributed by atoms with van der Waals surface area (Å²) in [6.07, 6.45) is 0. The highest BCUT2D eigenvalue weighted by atomic mass is 15.1. The van der Waals surface area contributed by atoms with E-state index in [1.54, 1.807) is 0 Å². The largest absolute Gasteiger partial charge is 0.310 e. The molecule has 0 N–H and O–H groups in total. The molecule has 0 bridgehead atoms. The fraction of sp³-hybridized carbons (Fsp3) is 0.148. The summed E-state index contributed by atoms with van der Waals surface area (Å²) in [5, 5.41) is 10.6. The van der Waals surface area contributed by atoms with Gasteiger partial charge in [0.15, 0.2) is 0 Å². The molecular formula is C54H43N. The molecule has 2 aliphatic rings. The first kappa shape index (κ1) is 32.3. The van der Waals surface area contributed by atoms with Crippen molar-refractivity contribution in [2.45, 2.75) is 52.4 Å². The molecule has 0 aliphatic heterocycles. The van der Waals surface area contributed by atoms with Gasteiger partial charge >= 0.3 is 0 Å². The summed E-state index contributed by atoms with van der Waals surface area (Å²) in [6.45, 7) is 14.1. The minimum Gasteiger partial charge on any atom is -0.310 e. The van der Waals surface area contributed by atoms with Crippen molar-refractivity contribution < 1.29 is 0 Å². The van der Waals surface area contributed by atoms with Crippen molar-refractivity contribution in [1.82, 2.24) is 0 Å². The molecule has 0 atom stereocenters. The molecule has 1 heteroatoms. The van der Waals surface area contributed by atoms with Crippen LogP contribution in [-0.4, -0.2) is 0 Å². The van der Waals surface area contributed by atoms with Crippen LogP contribution in [0.4, 0.5) is 17.1 Å². The summed E-state index contributed by atoms with van der Waals surface area (Å²) in [7, 11) is 0. The number of hydrogen-bond donors (Lipinski definition) is 0. The van der Waals surface area contributed by atoms with E-state index < -0.39 is 0 Å². The molecule has 2 aliphatic carbocycles. The molecule has 264 valence electrons. The van der Waals surface area contributed by atoms with Gasteiger partial charge in [-0.25, -0.2) is 0 Å². The summed E-state index contributed by atoms with van der Waals surface area (Å²) in [5.74, 6) is 0. The van der Waals surface area contributed by atoms with Crippen molar-refractivity contribution in [1.29, 1.82) is 0 Å². The first-order valence-corrected chi connectivity index (χ1v) is 19.7. The van der Waals surface area contributed by atoms with Crippen molar-refractivity contribution in [3.63, 3.8) is 0 Å². The number of rotatable bonds is 3. The molecule has 0 saturated carbocycles. The zero-order chi connectivity index (χ0) is 37.4. The van der Waals surface area contributed by atoms with Gasteiger partial charge in [-0.1, -0.05) is 125 Å². The van der Waals surface area contributed by atoms with Crippen LogP contribution in [0.3, 0.4) is 0 Å². The van der Waals surface area contributed by atoms with Crippen LogP contribution in [0.25, 0.3) is 65.3 Å². The van der Waals surface area contributed by atoms with Crippen LogP contribution in [0, 0.1) is 13.8 Å². The molecule has 0 amide bonds. The van der Waals surface area contributed by atoms with Gasteiger partial charge in [-0.15, -0.1) is 0 Å². The maximum absolute atomic E-state index is 2.57. The second-order valence-corrected chi connectivity index (χ2v) is 17.1. The fourth-order valence-corrected chi connectivity index (χ4v) is 10.3. The first-order valence-electron chi connectivity index (χ1n) is 19.7. The number of aryl methyl sites for hydroxylation is 2. The second-order valence-electron chi connectivity index (χ2n) is 17.1. The standard InChI is InChI=1S/C54H43N/c1-32-15-13-17-34(25-32)55(35-18-14-16-33(2)26-35)51-31-50-52(41-24-12-11-23-40(41)51)46-30-48-45(29-49(46)54(50,5)6)44-27-42-38-21-9-7-19-36(38)37-20-8-10-22-39(37)43(42)28-47(44)53(48,3)4/h7-31H,1-6H3. The number of fused-ring (bicyclic) bond motifs is 14. The molecule has 0 spiro atoms. The van der Waals surface area contributed by atoms with Gasteiger partial charge < -0.3 is 4.90 Å². The monoisotopic (exact) mass is 705 g/mol. The predicted octanol–water partition coefficient (Wildman–Crippen LogP) is 15.0. The number of benzene rings is 9. The molecule has 0 fully saturated rings. The van der Waals surface area contributed by atoms with E-state index in [-0.39, 0.29) is 10.8 Å². The van der Waals surface area contributed by atoms with E-state index >= 15 is 0 Å². The van der Waals surface area contributed by atoms with E-state index in [9.17, 15) is 0 Å². The van der Waals surface area contributed by atoms with E-state index in [0.717, 1.165) is 0 Å². The second kappa shape index (κ2) is 11.2. The zero-order valence-electron chi connectivity index (χ0n) is 32.4. The molecule has 1 nitrogen and oxygen atoms in total. The summed E-state index contributed by atoms with van der Waals surface area (Å²) < 4.78 is 0. The lowest BCUT2D eigenvalue weighted by Crippen LogP contribution is -2.18. The molecule has 0 heterocycles. The van der Waals surface area contributed by atoms with Crippen molar-refractivity contribution in [2.75, 3.05) is 4.90 Å². The van der Waals surface area contributed by atoms with Gasteiger partial charge in [0.25, 0.3) is 0 Å². The van der Waals surface area contributed by atoms with E-state index in [4.69, 9.17) is 0 Å². The normalized spacial score (nSPS) is 14.7. The van der Waals surface area contributed by atoms with Crippen LogP contribution in [0.2, 0.25) is 0 Å². The zero-order valence-corrected chi connectivity index (χ0v) is 32.4. The van der Waals surface area contributed by atoms with E-state index in [1.807, 2.05) is 0 Å². The Morgan fingerprint density at radius 3 is 1.36 bits per heavy atom. The lowest BCUT2D eigenvalue weighted by Gasteiger charge is -2.30. The molecule has 9 aromatic carbocycles. The minimum atomic E-state index is -0.212. The Kier molecular flexibility index (Phi) is 6.56. The van der Waals surface area contributed by atoms with Gasteiger partial charge in [-0.2, -0.15) is 0 Å². The van der Waals surface area contributed by atoms with Crippen molar-refractivity contribution in [3.8, 4) is 22.3 Å². The third-order valence-corrected chi connectivity index (χ3v) is 13.1. The Bertz CT molecular complexity index is 3080. The topological polar surface area (TPSA) is 3.24 Å². The average Bonchev–Trinajstić information content (AvgIpc) is 3.55. The summed E-state index contributed by atoms with van der Waals surface area (Å²) in [6, 6.07) is 57.5. The molecule has 11 rings (SSSR count). The molecule has 0 saturated heterocycles. The lowest BCUT2D eigenvalue weighted by atomic mass is 9.79. The van der Waals surface area contributed by atoms with Crippen LogP contribution in [0.1, 0.15) is 61.1 Å². The molecule has 0 radical (unpaired) electrons. The van der Waals surface area contributed by atoms with Gasteiger partial charge in [-0.3, -0.25) is 0 Å². The van der Waals surface area contributed by atoms with Crippen LogP contribution >= 0.6 is 0 Å². The number of hydrogen-bond acceptors (Lipinski definition) is 1. The minimum absolute atomic E-state index is 0.156. The highest BCUT2D eigenvalue weighted by Crippen LogP contribution is 2.59. The Morgan fingerprint density at radius 1 is 0.345 bits per heavy atom. The molecular weight excluding hydrogens is 663 g/mol. The third-order valence-electron chi connectivity index (χ3n) is 13.1. The first-order chi connectivity index (χ1) is 26.6. The predicted molar refractivity (Wildman–Crippen MR) is 236 cm³/mol. The fourth-order valence-electron chi connectivity index (χ4n) is 10.3. The maximum Gasteiger partial charge on any atom is 0.0543 e. The van der Waals surface area contributed by atoms with Gasteiger partial charge in [0.2, 0.25) is 0 Å².